The van der Waals surface area contributed by atoms with E-state index >= 15 is 0 Å². The van der Waals surface area contributed by atoms with E-state index in [9.17, 15) is 9.59 Å². The Morgan fingerprint density at radius 3 is 1.74 bits per heavy atom. The van der Waals surface area contributed by atoms with Crippen LogP contribution in [0.4, 0.5) is 0 Å². The van der Waals surface area contributed by atoms with Gasteiger partial charge in [0, 0.05) is 0 Å². The van der Waals surface area contributed by atoms with Gasteiger partial charge in [0.15, 0.2) is 0 Å². The number of unbranched alkanes of at least 4 members (excludes halogenated alkanes) is 4. The predicted octanol–water partition coefficient (Wildman–Crippen LogP) is 8.42. The van der Waals surface area contributed by atoms with Gasteiger partial charge in [0.05, 0.1) is 0 Å². The van der Waals surface area contributed by atoms with Gasteiger partial charge in [-0.3, -0.25) is 0 Å². The van der Waals surface area contributed by atoms with E-state index in [1.807, 2.05) is 6.07 Å². The van der Waals surface area contributed by atoms with Gasteiger partial charge in [0.25, 0.3) is 0 Å². The van der Waals surface area contributed by atoms with Crippen molar-refractivity contribution in [3.8, 4) is 0 Å². The van der Waals surface area contributed by atoms with Crippen LogP contribution < -0.4 is 0 Å². The molecule has 4 heteroatoms. The summed E-state index contributed by atoms with van der Waals surface area (Å²) in [7, 11) is 0. The quantitative estimate of drug-likeness (QED) is 0.121. The van der Waals surface area contributed by atoms with Gasteiger partial charge in [-0.1, -0.05) is 0 Å². The summed E-state index contributed by atoms with van der Waals surface area (Å²) in [5.74, 6) is -0.801. The van der Waals surface area contributed by atoms with Crippen LogP contribution in [0, 0.1) is 5.41 Å². The molecule has 0 spiro atoms. The first-order valence-electron chi connectivity index (χ1n) is 12.7. The standard InChI is InChI=1S/C15H19O3.3C4H9.Sn/c1-4-5-11-15(2,3)14(17)18-13(16)12-9-7-6-8-10-12;3*1-3-4-2;/h6-10H,2,4-5,11H2,1,3H3;3*1,3-4H2,2H3;. The molecule has 0 aliphatic rings. The summed E-state index contributed by atoms with van der Waals surface area (Å²) in [4.78, 5) is 26.1. The summed E-state index contributed by atoms with van der Waals surface area (Å²) in [5, 5.41) is 0. The Morgan fingerprint density at radius 1 is 0.806 bits per heavy atom. The molecule has 176 valence electrons. The van der Waals surface area contributed by atoms with Crippen LogP contribution in [0.5, 0.6) is 0 Å². The average molecular weight is 537 g/mol. The Labute approximate surface area is 195 Å². The number of carbonyl (C=O) groups excluding carboxylic acids is 2. The molecule has 0 radical (unpaired) electrons. The van der Waals surface area contributed by atoms with Crippen molar-refractivity contribution < 1.29 is 14.3 Å². The van der Waals surface area contributed by atoms with Gasteiger partial charge >= 0.3 is 196 Å². The van der Waals surface area contributed by atoms with E-state index in [4.69, 9.17) is 4.74 Å². The third-order valence-electron chi connectivity index (χ3n) is 6.72. The first-order chi connectivity index (χ1) is 14.9. The molecule has 0 aliphatic carbocycles. The molecule has 3 nitrogen and oxygen atoms in total. The predicted molar refractivity (Wildman–Crippen MR) is 134 cm³/mol. The molecule has 0 saturated heterocycles. The Hall–Kier alpha value is -0.841. The fraction of sp³-hybridized carbons (Fsp3) is 0.704. The second-order valence-corrected chi connectivity index (χ2v) is 23.5. The van der Waals surface area contributed by atoms with Crippen LogP contribution in [-0.2, 0) is 9.53 Å². The second kappa shape index (κ2) is 15.1. The molecule has 1 aromatic rings. The topological polar surface area (TPSA) is 43.4 Å². The average Bonchev–Trinajstić information content (AvgIpc) is 2.79. The second-order valence-electron chi connectivity index (χ2n) is 9.69. The number of ether oxygens (including phenoxy) is 1. The van der Waals surface area contributed by atoms with Gasteiger partial charge in [0.2, 0.25) is 0 Å². The van der Waals surface area contributed by atoms with Crippen molar-refractivity contribution in [2.24, 2.45) is 5.41 Å². The van der Waals surface area contributed by atoms with E-state index in [-0.39, 0.29) is 5.97 Å². The minimum absolute atomic E-state index is 0.291. The van der Waals surface area contributed by atoms with E-state index in [2.05, 4.69) is 34.6 Å². The summed E-state index contributed by atoms with van der Waals surface area (Å²) < 4.78 is 10.6. The van der Waals surface area contributed by atoms with E-state index < -0.39 is 29.8 Å². The van der Waals surface area contributed by atoms with Crippen LogP contribution in [0.15, 0.2) is 30.3 Å². The number of hydrogen-bond donors (Lipinski definition) is 0. The van der Waals surface area contributed by atoms with Crippen molar-refractivity contribution in [1.29, 1.82) is 0 Å². The van der Waals surface area contributed by atoms with Gasteiger partial charge in [-0.25, -0.2) is 0 Å². The zero-order valence-corrected chi connectivity index (χ0v) is 23.7. The molecule has 0 aliphatic heterocycles. The van der Waals surface area contributed by atoms with Gasteiger partial charge in [-0.2, -0.15) is 0 Å². The number of rotatable bonds is 16. The van der Waals surface area contributed by atoms with Crippen LogP contribution in [0.2, 0.25) is 17.7 Å². The Bertz CT molecular complexity index is 621. The molecule has 0 aromatic heterocycles. The third-order valence-corrected chi connectivity index (χ3v) is 23.2. The fourth-order valence-corrected chi connectivity index (χ4v) is 23.5. The molecule has 1 aromatic carbocycles. The van der Waals surface area contributed by atoms with Crippen LogP contribution in [-0.4, -0.2) is 30.3 Å². The first kappa shape index (κ1) is 28.2. The van der Waals surface area contributed by atoms with Gasteiger partial charge in [0.1, 0.15) is 0 Å². The van der Waals surface area contributed by atoms with Gasteiger partial charge in [-0.15, -0.1) is 0 Å². The molecule has 0 fully saturated rings. The van der Waals surface area contributed by atoms with Crippen molar-refractivity contribution in [2.45, 2.75) is 110 Å². The van der Waals surface area contributed by atoms with Crippen LogP contribution in [0.1, 0.15) is 103 Å². The van der Waals surface area contributed by atoms with Crippen LogP contribution in [0.3, 0.4) is 0 Å². The molecule has 0 N–H and O–H groups in total. The fourth-order valence-electron chi connectivity index (χ4n) is 4.79. The van der Waals surface area contributed by atoms with Crippen molar-refractivity contribution >= 4 is 30.3 Å². The molecule has 0 heterocycles. The summed E-state index contributed by atoms with van der Waals surface area (Å²) >= 11 is -2.57. The zero-order valence-electron chi connectivity index (χ0n) is 20.8. The molecule has 31 heavy (non-hydrogen) atoms. The van der Waals surface area contributed by atoms with Gasteiger partial charge < -0.3 is 0 Å². The van der Waals surface area contributed by atoms with E-state index in [1.165, 1.54) is 51.8 Å². The van der Waals surface area contributed by atoms with E-state index in [0.29, 0.717) is 5.56 Å². The Kier molecular flexibility index (Phi) is 13.7. The van der Waals surface area contributed by atoms with E-state index in [1.54, 1.807) is 24.3 Å². The van der Waals surface area contributed by atoms with E-state index in [0.717, 1.165) is 23.7 Å². The SMILES string of the molecule is CCCCC(C)([CH2][Sn]([CH2]CCC)([CH2]CCC)[CH2]CCC)C(=O)OC(=O)c1ccccc1. The number of esters is 2. The first-order valence-corrected chi connectivity index (χ1v) is 20.7. The molecule has 1 unspecified atom stereocenters. The maximum atomic E-state index is 13.4. The minimum atomic E-state index is -2.57. The summed E-state index contributed by atoms with van der Waals surface area (Å²) in [6.45, 7) is 11.1. The molecule has 1 rings (SSSR count). The summed E-state index contributed by atoms with van der Waals surface area (Å²) in [6.07, 6.45) is 10.4. The normalized spacial score (nSPS) is 13.6. The molecule has 0 bridgehead atoms. The Morgan fingerprint density at radius 2 is 1.29 bits per heavy atom. The number of hydrogen-bond acceptors (Lipinski definition) is 3. The summed E-state index contributed by atoms with van der Waals surface area (Å²) in [5.41, 5.74) is -0.0856. The van der Waals surface area contributed by atoms with Crippen molar-refractivity contribution in [2.75, 3.05) is 0 Å². The molecular weight excluding hydrogens is 491 g/mol. The van der Waals surface area contributed by atoms with Crippen molar-refractivity contribution in [3.05, 3.63) is 35.9 Å². The molecular formula is C27H46O3Sn. The molecule has 1 atom stereocenters. The molecule has 0 amide bonds. The molecule has 0 saturated carbocycles. The number of carbonyl (C=O) groups is 2. The van der Waals surface area contributed by atoms with Gasteiger partial charge in [-0.05, 0) is 0 Å². The van der Waals surface area contributed by atoms with Crippen molar-refractivity contribution in [1.82, 2.24) is 0 Å². The maximum absolute atomic E-state index is 13.4. The third kappa shape index (κ3) is 9.67. The zero-order chi connectivity index (χ0) is 23.2. The Balaban J connectivity index is 3.16. The monoisotopic (exact) mass is 538 g/mol. The summed E-state index contributed by atoms with van der Waals surface area (Å²) in [6, 6.07) is 8.90. The number of benzene rings is 1. The van der Waals surface area contributed by atoms with Crippen molar-refractivity contribution in [3.63, 3.8) is 0 Å². The van der Waals surface area contributed by atoms with Crippen LogP contribution in [0.25, 0.3) is 0 Å². The van der Waals surface area contributed by atoms with Crippen LogP contribution >= 0.6 is 0 Å².